The molecule has 188 valence electrons. The average Bonchev–Trinajstić information content (AvgIpc) is 2.77. The second kappa shape index (κ2) is 24.3. The molecule has 4 nitrogen and oxygen atoms in total. The van der Waals surface area contributed by atoms with Crippen molar-refractivity contribution in [2.45, 2.75) is 149 Å². The molecule has 0 aliphatic rings. The predicted molar refractivity (Wildman–Crippen MR) is 137 cm³/mol. The fourth-order valence-corrected chi connectivity index (χ4v) is 4.02. The van der Waals surface area contributed by atoms with Crippen molar-refractivity contribution >= 4 is 11.9 Å². The van der Waals surface area contributed by atoms with Gasteiger partial charge in [-0.05, 0) is 19.3 Å². The number of unbranched alkanes of at least 4 members (excludes halogenated alkanes) is 18. The number of carbonyl (C=O) groups is 2. The molecule has 0 aliphatic heterocycles. The van der Waals surface area contributed by atoms with Crippen LogP contribution in [0.15, 0.2) is 11.6 Å². The number of esters is 1. The second-order valence-electron chi connectivity index (χ2n) is 9.32. The molecule has 32 heavy (non-hydrogen) atoms. The van der Waals surface area contributed by atoms with Crippen LogP contribution < -0.4 is 5.73 Å². The van der Waals surface area contributed by atoms with Crippen LogP contribution in [-0.2, 0) is 14.3 Å². The summed E-state index contributed by atoms with van der Waals surface area (Å²) >= 11 is 0. The van der Waals surface area contributed by atoms with Crippen LogP contribution in [0.2, 0.25) is 0 Å². The highest BCUT2D eigenvalue weighted by Crippen LogP contribution is 2.15. The van der Waals surface area contributed by atoms with E-state index in [4.69, 9.17) is 10.5 Å². The maximum atomic E-state index is 11.9. The number of ether oxygens (including phenoxy) is 1. The number of primary amides is 1. The van der Waals surface area contributed by atoms with Crippen LogP contribution in [0.4, 0.5) is 0 Å². The first-order chi connectivity index (χ1) is 15.6. The van der Waals surface area contributed by atoms with Crippen LogP contribution in [-0.4, -0.2) is 18.5 Å². The quantitative estimate of drug-likeness (QED) is 0.0913. The zero-order valence-corrected chi connectivity index (χ0v) is 21.4. The molecule has 0 heterocycles. The van der Waals surface area contributed by atoms with Crippen LogP contribution in [0.1, 0.15) is 149 Å². The Morgan fingerprint density at radius 2 is 0.969 bits per heavy atom. The van der Waals surface area contributed by atoms with E-state index >= 15 is 0 Å². The van der Waals surface area contributed by atoms with Crippen LogP contribution in [0.25, 0.3) is 0 Å². The molecule has 2 N–H and O–H groups in total. The van der Waals surface area contributed by atoms with Crippen molar-refractivity contribution in [3.63, 3.8) is 0 Å². The molecule has 0 saturated carbocycles. The van der Waals surface area contributed by atoms with Gasteiger partial charge in [0.15, 0.2) is 0 Å². The van der Waals surface area contributed by atoms with Crippen molar-refractivity contribution in [1.29, 1.82) is 0 Å². The van der Waals surface area contributed by atoms with Crippen LogP contribution in [0.3, 0.4) is 0 Å². The molecule has 0 unspecified atom stereocenters. The summed E-state index contributed by atoms with van der Waals surface area (Å²) in [7, 11) is 0. The van der Waals surface area contributed by atoms with Gasteiger partial charge in [-0.1, -0.05) is 129 Å². The maximum Gasteiger partial charge on any atom is 0.331 e. The van der Waals surface area contributed by atoms with Crippen molar-refractivity contribution in [3.8, 4) is 0 Å². The number of hydrogen-bond donors (Lipinski definition) is 1. The summed E-state index contributed by atoms with van der Waals surface area (Å²) in [6.07, 6.45) is 27.2. The first kappa shape index (κ1) is 30.7. The minimum Gasteiger partial charge on any atom is -0.463 e. The van der Waals surface area contributed by atoms with Crippen molar-refractivity contribution in [1.82, 2.24) is 0 Å². The van der Waals surface area contributed by atoms with Crippen molar-refractivity contribution < 1.29 is 14.3 Å². The summed E-state index contributed by atoms with van der Waals surface area (Å²) in [5.74, 6) is -0.944. The van der Waals surface area contributed by atoms with Gasteiger partial charge in [0.05, 0.1) is 6.61 Å². The number of hydrogen-bond acceptors (Lipinski definition) is 3. The minimum atomic E-state index is -0.506. The number of amides is 1. The Morgan fingerprint density at radius 1 is 0.594 bits per heavy atom. The number of nitrogens with two attached hydrogens (primary N) is 1. The van der Waals surface area contributed by atoms with Crippen molar-refractivity contribution in [3.05, 3.63) is 11.6 Å². The smallest absolute Gasteiger partial charge is 0.331 e. The SMILES string of the molecule is CCCCCCCCCCCCCCCCCC/C(=C/C(=O)OCCCCCC)C(N)=O. The lowest BCUT2D eigenvalue weighted by Crippen LogP contribution is -2.16. The largest absolute Gasteiger partial charge is 0.463 e. The third-order valence-electron chi connectivity index (χ3n) is 6.15. The van der Waals surface area contributed by atoms with E-state index in [9.17, 15) is 9.59 Å². The van der Waals surface area contributed by atoms with E-state index in [2.05, 4.69) is 13.8 Å². The molecule has 0 aliphatic carbocycles. The molecule has 0 aromatic heterocycles. The third kappa shape index (κ3) is 21.9. The Hall–Kier alpha value is -1.32. The standard InChI is InChI=1S/C28H53NO3/c1-3-5-7-9-10-11-12-13-14-15-16-17-18-19-20-21-23-26(28(29)31)25-27(30)32-24-22-8-6-4-2/h25H,3-24H2,1-2H3,(H2,29,31)/b26-25-. The Kier molecular flexibility index (Phi) is 23.3. The highest BCUT2D eigenvalue weighted by atomic mass is 16.5. The van der Waals surface area contributed by atoms with Gasteiger partial charge in [0.2, 0.25) is 5.91 Å². The zero-order valence-electron chi connectivity index (χ0n) is 21.4. The van der Waals surface area contributed by atoms with E-state index in [-0.39, 0.29) is 0 Å². The molecule has 0 rings (SSSR count). The van der Waals surface area contributed by atoms with Crippen LogP contribution in [0, 0.1) is 0 Å². The first-order valence-electron chi connectivity index (χ1n) is 13.8. The molecule has 0 saturated heterocycles. The summed E-state index contributed by atoms with van der Waals surface area (Å²) < 4.78 is 5.18. The molecule has 0 atom stereocenters. The predicted octanol–water partition coefficient (Wildman–Crippen LogP) is 8.17. The van der Waals surface area contributed by atoms with Gasteiger partial charge in [0, 0.05) is 11.6 Å². The Bertz CT molecular complexity index is 473. The molecular weight excluding hydrogens is 398 g/mol. The lowest BCUT2D eigenvalue weighted by Gasteiger charge is -2.06. The van der Waals surface area contributed by atoms with Gasteiger partial charge >= 0.3 is 5.97 Å². The highest BCUT2D eigenvalue weighted by molar-refractivity contribution is 5.98. The van der Waals surface area contributed by atoms with Gasteiger partial charge in [0.1, 0.15) is 0 Å². The fourth-order valence-electron chi connectivity index (χ4n) is 4.02. The van der Waals surface area contributed by atoms with Gasteiger partial charge < -0.3 is 10.5 Å². The molecule has 0 fully saturated rings. The third-order valence-corrected chi connectivity index (χ3v) is 6.15. The molecule has 1 amide bonds. The van der Waals surface area contributed by atoms with E-state index in [1.807, 2.05) is 0 Å². The maximum absolute atomic E-state index is 11.9. The van der Waals surface area contributed by atoms with Gasteiger partial charge in [-0.25, -0.2) is 4.79 Å². The van der Waals surface area contributed by atoms with Gasteiger partial charge in [-0.15, -0.1) is 0 Å². The van der Waals surface area contributed by atoms with Crippen LogP contribution in [0.5, 0.6) is 0 Å². The zero-order chi connectivity index (χ0) is 23.7. The highest BCUT2D eigenvalue weighted by Gasteiger charge is 2.09. The summed E-state index contributed by atoms with van der Waals surface area (Å²) in [6.45, 7) is 4.84. The topological polar surface area (TPSA) is 69.4 Å². The lowest BCUT2D eigenvalue weighted by atomic mass is 10.0. The number of rotatable bonds is 24. The molecule has 0 aromatic rings. The summed E-state index contributed by atoms with van der Waals surface area (Å²) in [4.78, 5) is 23.4. The number of carbonyl (C=O) groups excluding carboxylic acids is 2. The van der Waals surface area contributed by atoms with Crippen molar-refractivity contribution in [2.24, 2.45) is 5.73 Å². The summed E-state index contributed by atoms with van der Waals surface area (Å²) in [5, 5.41) is 0. The Morgan fingerprint density at radius 3 is 1.38 bits per heavy atom. The molecule has 0 spiro atoms. The first-order valence-corrected chi connectivity index (χ1v) is 13.8. The van der Waals surface area contributed by atoms with Crippen LogP contribution >= 0.6 is 0 Å². The molecular formula is C28H53NO3. The molecule has 0 bridgehead atoms. The minimum absolute atomic E-state index is 0.397. The Balaban J connectivity index is 3.59. The van der Waals surface area contributed by atoms with E-state index in [0.717, 1.165) is 38.5 Å². The van der Waals surface area contributed by atoms with Gasteiger partial charge in [0.25, 0.3) is 0 Å². The van der Waals surface area contributed by atoms with Crippen molar-refractivity contribution in [2.75, 3.05) is 6.61 Å². The fraction of sp³-hybridized carbons (Fsp3) is 0.857. The van der Waals surface area contributed by atoms with E-state index in [1.165, 1.54) is 96.0 Å². The second-order valence-corrected chi connectivity index (χ2v) is 9.32. The summed E-state index contributed by atoms with van der Waals surface area (Å²) in [6, 6.07) is 0. The average molecular weight is 452 g/mol. The Labute approximate surface area is 199 Å². The van der Waals surface area contributed by atoms with E-state index < -0.39 is 11.9 Å². The lowest BCUT2D eigenvalue weighted by molar-refractivity contribution is -0.138. The van der Waals surface area contributed by atoms with E-state index in [0.29, 0.717) is 18.6 Å². The van der Waals surface area contributed by atoms with Gasteiger partial charge in [-0.2, -0.15) is 0 Å². The van der Waals surface area contributed by atoms with Gasteiger partial charge in [-0.3, -0.25) is 4.79 Å². The summed E-state index contributed by atoms with van der Waals surface area (Å²) in [5.41, 5.74) is 5.83. The van der Waals surface area contributed by atoms with E-state index in [1.54, 1.807) is 0 Å². The monoisotopic (exact) mass is 451 g/mol. The molecule has 4 heteroatoms. The normalized spacial score (nSPS) is 11.6. The molecule has 0 radical (unpaired) electrons. The molecule has 0 aromatic carbocycles.